The van der Waals surface area contributed by atoms with Gasteiger partial charge >= 0.3 is 0 Å². The van der Waals surface area contributed by atoms with E-state index in [2.05, 4.69) is 146 Å². The van der Waals surface area contributed by atoms with Gasteiger partial charge in [-0.1, -0.05) is 130 Å². The van der Waals surface area contributed by atoms with Crippen LogP contribution in [-0.4, -0.2) is 35.5 Å². The first-order valence-corrected chi connectivity index (χ1v) is 18.6. The van der Waals surface area contributed by atoms with E-state index in [1.807, 2.05) is 13.8 Å². The molecule has 4 aliphatic rings. The van der Waals surface area contributed by atoms with Crippen LogP contribution in [0.1, 0.15) is 117 Å². The minimum absolute atomic E-state index is 0. The number of pyridine rings is 2. The third-order valence-corrected chi connectivity index (χ3v) is 13.6. The van der Waals surface area contributed by atoms with Gasteiger partial charge < -0.3 is 23.5 Å². The number of aromatic nitrogens is 6. The number of ketones is 1. The number of hydrogen-bond donors (Lipinski definition) is 1. The normalized spacial score (nSPS) is 16.9. The second kappa shape index (κ2) is 20.6. The molecule has 60 heavy (non-hydrogen) atoms. The number of allylic oxidation sites excluding steroid dienone is 4. The van der Waals surface area contributed by atoms with Crippen molar-refractivity contribution < 1.29 is 201 Å². The first-order chi connectivity index (χ1) is 25.3. The van der Waals surface area contributed by atoms with Gasteiger partial charge in [-0.2, -0.15) is 15.4 Å². The molecule has 9 nitrogen and oxygen atoms in total. The van der Waals surface area contributed by atoms with Crippen molar-refractivity contribution in [2.45, 2.75) is 100 Å². The minimum Gasteiger partial charge on any atom is -0.420 e. The summed E-state index contributed by atoms with van der Waals surface area (Å²) in [5, 5.41) is 14.1. The smallest absolute Gasteiger partial charge is 0.126 e. The third-order valence-electron chi connectivity index (χ3n) is 13.6. The molecule has 0 fully saturated rings. The maximum Gasteiger partial charge on any atom is 0.126 e. The fourth-order valence-corrected chi connectivity index (χ4v) is 9.30. The van der Waals surface area contributed by atoms with Gasteiger partial charge in [-0.3, -0.25) is 0 Å². The molecule has 2 aliphatic carbocycles. The Morgan fingerprint density at radius 3 is 1.48 bits per heavy atom. The second-order valence-electron chi connectivity index (χ2n) is 17.3. The molecule has 0 amide bonds. The predicted octanol–water partition coefficient (Wildman–Crippen LogP) is 7.77. The van der Waals surface area contributed by atoms with Crippen molar-refractivity contribution in [3.63, 3.8) is 0 Å². The quantitative estimate of drug-likeness (QED) is 0.143. The van der Waals surface area contributed by atoms with Gasteiger partial charge in [0, 0.05) is 218 Å². The predicted molar refractivity (Wildman–Crippen MR) is 212 cm³/mol. The van der Waals surface area contributed by atoms with Crippen molar-refractivity contribution in [1.29, 1.82) is 0 Å². The Hall–Kier alpha value is 1.18. The molecule has 9 rings (SSSR count). The standard InChI is InChI=1S/C23H24NO2.C22H22N5O.6Y/c1-13-20-17-11-15-9-7-8-10-16(15)19(17)22(3,4)23(5,6)24(20)12-18(14(2)25)21(13)26;1-12-18-15-10-13-8-6-7-9-14(13)17(15)21(2,3)22(4,5)27(18)11-16(19(12)28)20-23-25-26-24-20;;;;;;/h7-10H,11H2,1-6H3;6-9H,10H2,1-5H3,(H,23,24,25,26);;;;;;/q2*-1;;;;;;. The summed E-state index contributed by atoms with van der Waals surface area (Å²) in [6.07, 6.45) is 8.18. The van der Waals surface area contributed by atoms with Gasteiger partial charge in [-0.15, -0.1) is 0 Å². The molecule has 0 spiro atoms. The number of tetrazole rings is 1. The van der Waals surface area contributed by atoms with Crippen LogP contribution in [0, 0.1) is 37.1 Å². The number of aromatic amines is 1. The average molecular weight is 1250 g/mol. The molecule has 0 saturated heterocycles. The summed E-state index contributed by atoms with van der Waals surface area (Å²) in [6.45, 7) is 23.0. The molecule has 1 N–H and O–H groups in total. The van der Waals surface area contributed by atoms with Crippen molar-refractivity contribution in [3.05, 3.63) is 132 Å². The summed E-state index contributed by atoms with van der Waals surface area (Å²) in [5.41, 5.74) is 12.9. The molecule has 5 heterocycles. The van der Waals surface area contributed by atoms with Crippen LogP contribution in [0.3, 0.4) is 0 Å². The van der Waals surface area contributed by atoms with Gasteiger partial charge in [0.05, 0.1) is 5.78 Å². The molecular weight excluding hydrogens is 1210 g/mol. The Bertz CT molecular complexity index is 2670. The van der Waals surface area contributed by atoms with Crippen LogP contribution in [0.5, 0.6) is 0 Å². The topological polar surface area (TPSA) is 116 Å². The van der Waals surface area contributed by atoms with Gasteiger partial charge in [-0.05, 0) is 103 Å². The molecule has 6 radical (unpaired) electrons. The summed E-state index contributed by atoms with van der Waals surface area (Å²) < 4.78 is 4.20. The van der Waals surface area contributed by atoms with Crippen LogP contribution in [0.2, 0.25) is 0 Å². The van der Waals surface area contributed by atoms with Crippen molar-refractivity contribution in [2.75, 3.05) is 0 Å². The van der Waals surface area contributed by atoms with E-state index >= 15 is 0 Å². The number of hydrogen-bond acceptors (Lipinski definition) is 6. The largest absolute Gasteiger partial charge is 0.420 e. The number of carbonyl (C=O) groups excluding carboxylic acids is 1. The van der Waals surface area contributed by atoms with Crippen LogP contribution in [0.4, 0.5) is 0 Å². The van der Waals surface area contributed by atoms with Crippen LogP contribution < -0.4 is 10.9 Å². The van der Waals surface area contributed by atoms with Crippen molar-refractivity contribution in [2.24, 2.45) is 10.8 Å². The Morgan fingerprint density at radius 2 is 1.07 bits per heavy atom. The SMILES string of the molecule is CC(=O)c1[c-]n2c(c(C)c1=O)C1=C(c3ccccc3C1)C(C)(C)C2(C)C.Cc1c2n([c-]c(-c3nn[nH]n3)c1=O)C(C)(C)C(C)(C)C1=C2Cc2ccccc21.[Y].[Y].[Y].[Y].[Y].[Y]. The molecule has 294 valence electrons. The maximum absolute atomic E-state index is 13.2. The molecule has 3 aromatic heterocycles. The fraction of sp³-hybridized carbons (Fsp3) is 0.378. The molecule has 0 unspecified atom stereocenters. The molecule has 0 atom stereocenters. The monoisotopic (exact) mass is 1250 g/mol. The Balaban J connectivity index is 0.000000377. The van der Waals surface area contributed by atoms with E-state index in [4.69, 9.17) is 0 Å². The number of nitrogens with one attached hydrogen (secondary N) is 1. The maximum atomic E-state index is 13.2. The molecule has 0 saturated carbocycles. The first kappa shape index (κ1) is 57.3. The van der Waals surface area contributed by atoms with Gasteiger partial charge in [0.15, 0.2) is 0 Å². The van der Waals surface area contributed by atoms with Gasteiger partial charge in [0.25, 0.3) is 0 Å². The van der Waals surface area contributed by atoms with E-state index in [1.54, 1.807) is 0 Å². The molecular formula is C45H46N6O3Y6-2. The number of nitrogens with zero attached hydrogens (tertiary/aromatic N) is 5. The van der Waals surface area contributed by atoms with E-state index in [-0.39, 0.29) is 246 Å². The van der Waals surface area contributed by atoms with E-state index in [1.165, 1.54) is 51.5 Å². The van der Waals surface area contributed by atoms with E-state index in [0.29, 0.717) is 16.7 Å². The zero-order valence-electron chi connectivity index (χ0n) is 36.5. The molecule has 2 aliphatic heterocycles. The fourth-order valence-electron chi connectivity index (χ4n) is 9.30. The Kier molecular flexibility index (Phi) is 19.7. The van der Waals surface area contributed by atoms with E-state index < -0.39 is 0 Å². The average Bonchev–Trinajstić information content (AvgIpc) is 3.87. The van der Waals surface area contributed by atoms with Crippen molar-refractivity contribution in [3.8, 4) is 11.4 Å². The van der Waals surface area contributed by atoms with Crippen LogP contribution in [0.15, 0.2) is 58.1 Å². The zero-order valence-corrected chi connectivity index (χ0v) is 53.5. The van der Waals surface area contributed by atoms with E-state index in [9.17, 15) is 14.4 Å². The number of Topliss-reactive ketones (excluding diaryl/α,β-unsaturated/α-hetero) is 1. The zero-order chi connectivity index (χ0) is 38.9. The molecule has 15 heteroatoms. The summed E-state index contributed by atoms with van der Waals surface area (Å²) >= 11 is 0. The van der Waals surface area contributed by atoms with Crippen LogP contribution >= 0.6 is 0 Å². The number of benzene rings is 2. The number of carbonyl (C=O) groups is 1. The molecule has 0 bridgehead atoms. The Morgan fingerprint density at radius 1 is 0.650 bits per heavy atom. The van der Waals surface area contributed by atoms with Crippen molar-refractivity contribution >= 4 is 28.1 Å². The second-order valence-corrected chi connectivity index (χ2v) is 17.3. The summed E-state index contributed by atoms with van der Waals surface area (Å²) in [5.74, 6) is 0.0583. The van der Waals surface area contributed by atoms with Crippen LogP contribution in [0.25, 0.3) is 33.7 Å². The van der Waals surface area contributed by atoms with Crippen LogP contribution in [-0.2, 0) is 220 Å². The summed E-state index contributed by atoms with van der Waals surface area (Å²) in [4.78, 5) is 38.0. The third kappa shape index (κ3) is 8.65. The Labute approximate surface area is 504 Å². The minimum atomic E-state index is -0.332. The number of H-pyrrole nitrogens is 1. The molecule has 5 aromatic rings. The summed E-state index contributed by atoms with van der Waals surface area (Å²) in [6, 6.07) is 17.1. The van der Waals surface area contributed by atoms with Crippen molar-refractivity contribution in [1.82, 2.24) is 29.8 Å². The van der Waals surface area contributed by atoms with Gasteiger partial charge in [0.1, 0.15) is 16.7 Å². The number of fused-ring (bicyclic) bond motifs is 8. The molecule has 2 aromatic carbocycles. The number of rotatable bonds is 2. The first-order valence-electron chi connectivity index (χ1n) is 18.6. The van der Waals surface area contributed by atoms with Gasteiger partial charge in [0.2, 0.25) is 0 Å². The van der Waals surface area contributed by atoms with E-state index in [0.717, 1.165) is 24.2 Å². The summed E-state index contributed by atoms with van der Waals surface area (Å²) in [7, 11) is 0. The van der Waals surface area contributed by atoms with Gasteiger partial charge in [-0.25, -0.2) is 0 Å².